The number of anilines is 3. The molecule has 0 aromatic heterocycles. The van der Waals surface area contributed by atoms with Gasteiger partial charge in [-0.1, -0.05) is 286 Å². The van der Waals surface area contributed by atoms with Crippen molar-refractivity contribution < 1.29 is 0 Å². The van der Waals surface area contributed by atoms with E-state index in [0.29, 0.717) is 0 Å². The average molecular weight is 1130 g/mol. The molecule has 3 heteroatoms. The maximum Gasteiger partial charge on any atom is 0.0714 e. The molecule has 0 unspecified atom stereocenters. The lowest BCUT2D eigenvalue weighted by molar-refractivity contribution is 0.660. The molecule has 400 valence electrons. The van der Waals surface area contributed by atoms with Crippen LogP contribution in [0.1, 0.15) is 94.5 Å². The molecule has 0 aliphatic heterocycles. The minimum Gasteiger partial charge on any atom is -0.399 e. The van der Waals surface area contributed by atoms with E-state index in [1.807, 2.05) is 6.07 Å². The summed E-state index contributed by atoms with van der Waals surface area (Å²) >= 11 is 3.69. The van der Waals surface area contributed by atoms with Gasteiger partial charge in [0.15, 0.2) is 0 Å². The van der Waals surface area contributed by atoms with E-state index in [-0.39, 0.29) is 16.2 Å². The Kier molecular flexibility index (Phi) is 12.7. The van der Waals surface area contributed by atoms with E-state index in [1.54, 1.807) is 0 Å². The molecule has 0 bridgehead atoms. The predicted octanol–water partition coefficient (Wildman–Crippen LogP) is 20.5. The van der Waals surface area contributed by atoms with Gasteiger partial charge in [0.25, 0.3) is 0 Å². The summed E-state index contributed by atoms with van der Waals surface area (Å²) in [5.41, 5.74) is 35.0. The molecule has 4 aliphatic rings. The van der Waals surface area contributed by atoms with Crippen LogP contribution < -0.4 is 11.1 Å². The highest BCUT2D eigenvalue weighted by Gasteiger charge is 2.47. The Labute approximate surface area is 497 Å². The standard InChI is InChI=1S/C40H31N.C25H17Br.C15H15N/c1-39(2)35-20-9-6-19-33(35)34-26-30(23-24-36(34)39)41-29-16-12-15-28(25-29)40(27-13-4-3-5-14-27)37-21-10-7-17-31(37)32-18-8-11-22-38(32)40;26-20-12-8-11-19(17-20)25(18-9-2-1-3-10-18)23-15-6-4-13-21(23)22-14-5-7-16-24(22)25;1-15(2)13-6-4-3-5-11(13)12-9-10(16)7-8-14(12)15/h3-26,41H,1-2H3;1-17H;3-9H,16H2,1-2H3. The summed E-state index contributed by atoms with van der Waals surface area (Å²) in [6.07, 6.45) is 0. The summed E-state index contributed by atoms with van der Waals surface area (Å²) < 4.78 is 1.10. The molecule has 0 saturated carbocycles. The highest BCUT2D eigenvalue weighted by molar-refractivity contribution is 9.10. The van der Waals surface area contributed by atoms with Gasteiger partial charge in [-0.25, -0.2) is 0 Å². The van der Waals surface area contributed by atoms with Gasteiger partial charge in [0.05, 0.1) is 10.8 Å². The Morgan fingerprint density at radius 1 is 0.265 bits per heavy atom. The number of fused-ring (bicyclic) bond motifs is 12. The van der Waals surface area contributed by atoms with Crippen molar-refractivity contribution in [3.63, 3.8) is 0 Å². The van der Waals surface area contributed by atoms with Gasteiger partial charge in [0.1, 0.15) is 0 Å². The number of rotatable bonds is 6. The first-order valence-electron chi connectivity index (χ1n) is 28.9. The summed E-state index contributed by atoms with van der Waals surface area (Å²) in [7, 11) is 0. The Hall–Kier alpha value is -9.28. The van der Waals surface area contributed by atoms with Gasteiger partial charge >= 0.3 is 0 Å². The Bertz CT molecular complexity index is 4360. The molecule has 3 N–H and O–H groups in total. The maximum atomic E-state index is 5.88. The molecule has 16 rings (SSSR count). The van der Waals surface area contributed by atoms with Crippen LogP contribution in [0.5, 0.6) is 0 Å². The van der Waals surface area contributed by atoms with Crippen molar-refractivity contribution in [1.29, 1.82) is 0 Å². The fourth-order valence-electron chi connectivity index (χ4n) is 14.7. The van der Waals surface area contributed by atoms with Crippen LogP contribution in [0.15, 0.2) is 296 Å². The largest absolute Gasteiger partial charge is 0.399 e. The van der Waals surface area contributed by atoms with E-state index in [4.69, 9.17) is 5.73 Å². The summed E-state index contributed by atoms with van der Waals surface area (Å²) in [6.45, 7) is 9.20. The van der Waals surface area contributed by atoms with Crippen molar-refractivity contribution in [3.8, 4) is 44.5 Å². The van der Waals surface area contributed by atoms with Crippen molar-refractivity contribution in [3.05, 3.63) is 362 Å². The van der Waals surface area contributed by atoms with Crippen molar-refractivity contribution >= 4 is 33.0 Å². The third-order valence-corrected chi connectivity index (χ3v) is 18.8. The minimum absolute atomic E-state index is 0.00962. The second-order valence-electron chi connectivity index (χ2n) is 23.5. The molecule has 0 amide bonds. The predicted molar refractivity (Wildman–Crippen MR) is 351 cm³/mol. The van der Waals surface area contributed by atoms with Crippen LogP contribution in [0.2, 0.25) is 0 Å². The van der Waals surface area contributed by atoms with Gasteiger partial charge in [-0.05, 0) is 160 Å². The number of nitrogens with one attached hydrogen (secondary N) is 1. The van der Waals surface area contributed by atoms with Crippen molar-refractivity contribution in [2.45, 2.75) is 49.4 Å². The third-order valence-electron chi connectivity index (χ3n) is 18.4. The van der Waals surface area contributed by atoms with Crippen molar-refractivity contribution in [2.24, 2.45) is 0 Å². The quantitative estimate of drug-likeness (QED) is 0.163. The van der Waals surface area contributed by atoms with Gasteiger partial charge in [-0.3, -0.25) is 0 Å². The zero-order valence-electron chi connectivity index (χ0n) is 47.2. The molecule has 83 heavy (non-hydrogen) atoms. The highest BCUT2D eigenvalue weighted by atomic mass is 79.9. The first kappa shape index (κ1) is 51.8. The number of hydrogen-bond donors (Lipinski definition) is 2. The normalized spacial score (nSPS) is 14.8. The molecular formula is C80H63BrN2. The van der Waals surface area contributed by atoms with E-state index in [0.717, 1.165) is 21.5 Å². The number of hydrogen-bond acceptors (Lipinski definition) is 2. The van der Waals surface area contributed by atoms with Gasteiger partial charge in [0, 0.05) is 32.4 Å². The second kappa shape index (κ2) is 20.3. The number of nitrogen functional groups attached to an aromatic ring is 1. The lowest BCUT2D eigenvalue weighted by atomic mass is 9.67. The van der Waals surface area contributed by atoms with E-state index in [1.165, 1.54) is 111 Å². The zero-order chi connectivity index (χ0) is 56.5. The Morgan fingerprint density at radius 2 is 0.590 bits per heavy atom. The number of benzene rings is 12. The highest BCUT2D eigenvalue weighted by Crippen LogP contribution is 2.58. The SMILES string of the molecule is Brc1cccc(C2(c3ccccc3)c3ccccc3-c3ccccc32)c1.CC1(C)c2ccccc2-c2cc(N)ccc21.CC1(C)c2ccccc2-c2cc(Nc3cccc(C4(c5ccccc5)c5ccccc5-c5ccccc54)c3)ccc21. The summed E-state index contributed by atoms with van der Waals surface area (Å²) in [6, 6.07) is 106. The van der Waals surface area contributed by atoms with Gasteiger partial charge in [-0.2, -0.15) is 0 Å². The first-order chi connectivity index (χ1) is 40.5. The lowest BCUT2D eigenvalue weighted by Gasteiger charge is -2.34. The number of nitrogens with two attached hydrogens (primary N) is 1. The smallest absolute Gasteiger partial charge is 0.0714 e. The second-order valence-corrected chi connectivity index (χ2v) is 24.5. The van der Waals surface area contributed by atoms with Crippen LogP contribution in [0.4, 0.5) is 17.1 Å². The van der Waals surface area contributed by atoms with E-state index in [2.05, 4.69) is 334 Å². The Morgan fingerprint density at radius 3 is 1.04 bits per heavy atom. The van der Waals surface area contributed by atoms with Gasteiger partial charge in [0.2, 0.25) is 0 Å². The fraction of sp³-hybridized carbons (Fsp3) is 0.100. The molecule has 0 radical (unpaired) electrons. The van der Waals surface area contributed by atoms with Gasteiger partial charge in [-0.15, -0.1) is 0 Å². The summed E-state index contributed by atoms with van der Waals surface area (Å²) in [5, 5.41) is 3.77. The van der Waals surface area contributed by atoms with Crippen LogP contribution in [-0.2, 0) is 21.7 Å². The first-order valence-corrected chi connectivity index (χ1v) is 29.7. The summed E-state index contributed by atoms with van der Waals surface area (Å²) in [5.74, 6) is 0. The minimum atomic E-state index is -0.396. The van der Waals surface area contributed by atoms with Crippen LogP contribution in [-0.4, -0.2) is 0 Å². The van der Waals surface area contributed by atoms with Gasteiger partial charge < -0.3 is 11.1 Å². The molecule has 0 saturated heterocycles. The molecule has 0 fully saturated rings. The zero-order valence-corrected chi connectivity index (χ0v) is 48.8. The molecule has 0 atom stereocenters. The monoisotopic (exact) mass is 1130 g/mol. The average Bonchev–Trinajstić information content (AvgIpc) is 3.05. The topological polar surface area (TPSA) is 38.0 Å². The van der Waals surface area contributed by atoms with E-state index in [9.17, 15) is 0 Å². The van der Waals surface area contributed by atoms with Crippen LogP contribution in [0.3, 0.4) is 0 Å². The van der Waals surface area contributed by atoms with E-state index >= 15 is 0 Å². The van der Waals surface area contributed by atoms with Crippen LogP contribution in [0, 0.1) is 0 Å². The Balaban J connectivity index is 0.000000124. The third kappa shape index (κ3) is 8.19. The molecule has 0 spiro atoms. The van der Waals surface area contributed by atoms with E-state index < -0.39 is 5.41 Å². The molecule has 0 heterocycles. The fourth-order valence-corrected chi connectivity index (χ4v) is 15.1. The lowest BCUT2D eigenvalue weighted by Crippen LogP contribution is -2.28. The maximum absolute atomic E-state index is 5.88. The molecule has 12 aromatic carbocycles. The van der Waals surface area contributed by atoms with Crippen molar-refractivity contribution in [2.75, 3.05) is 11.1 Å². The van der Waals surface area contributed by atoms with Crippen LogP contribution >= 0.6 is 15.9 Å². The molecule has 4 aliphatic carbocycles. The van der Waals surface area contributed by atoms with Crippen LogP contribution in [0.25, 0.3) is 44.5 Å². The number of halogens is 1. The molecule has 12 aromatic rings. The molecular weight excluding hydrogens is 1070 g/mol. The molecule has 2 nitrogen and oxygen atoms in total. The van der Waals surface area contributed by atoms with Crippen molar-refractivity contribution in [1.82, 2.24) is 0 Å². The summed E-state index contributed by atoms with van der Waals surface area (Å²) in [4.78, 5) is 0.